The van der Waals surface area contributed by atoms with Crippen molar-refractivity contribution in [3.63, 3.8) is 0 Å². The van der Waals surface area contributed by atoms with Crippen LogP contribution in [-0.4, -0.2) is 27.4 Å². The van der Waals surface area contributed by atoms with Crippen LogP contribution in [0.5, 0.6) is 0 Å². The molecule has 1 atom stereocenters. The maximum atomic E-state index is 11.9. The van der Waals surface area contributed by atoms with Gasteiger partial charge in [-0.3, -0.25) is 4.79 Å². The Hall–Kier alpha value is -1.69. The molecule has 0 radical (unpaired) electrons. The van der Waals surface area contributed by atoms with Gasteiger partial charge in [-0.15, -0.1) is 0 Å². The summed E-state index contributed by atoms with van der Waals surface area (Å²) in [5.74, 6) is 1.61. The Morgan fingerprint density at radius 1 is 1.32 bits per heavy atom. The number of hydrogen-bond acceptors (Lipinski definition) is 4. The van der Waals surface area contributed by atoms with Gasteiger partial charge < -0.3 is 5.32 Å². The fourth-order valence-corrected chi connectivity index (χ4v) is 3.39. The van der Waals surface area contributed by atoms with Gasteiger partial charge in [0, 0.05) is 17.0 Å². The Balaban J connectivity index is 0.000000299. The lowest BCUT2D eigenvalue weighted by Gasteiger charge is -2.31. The highest BCUT2D eigenvalue weighted by molar-refractivity contribution is 7.08. The number of H-pyrrole nitrogens is 1. The quantitative estimate of drug-likeness (QED) is 0.909. The van der Waals surface area contributed by atoms with Crippen LogP contribution >= 0.6 is 11.3 Å². The summed E-state index contributed by atoms with van der Waals surface area (Å²) in [4.78, 5) is 11.9. The van der Waals surface area contributed by atoms with E-state index in [0.717, 1.165) is 11.5 Å². The van der Waals surface area contributed by atoms with Gasteiger partial charge in [0.15, 0.2) is 0 Å². The largest absolute Gasteiger partial charge is 0.349 e. The molecule has 1 unspecified atom stereocenters. The second-order valence-electron chi connectivity index (χ2n) is 5.95. The SMILES string of the molecule is CC1CCC(C(C)NC(=O)c2ccsc2)CC1.c1cn[nH]n1. The smallest absolute Gasteiger partial charge is 0.252 e. The molecule has 0 aromatic carbocycles. The van der Waals surface area contributed by atoms with Gasteiger partial charge >= 0.3 is 0 Å². The van der Waals surface area contributed by atoms with Crippen LogP contribution in [0.2, 0.25) is 0 Å². The van der Waals surface area contributed by atoms with Crippen LogP contribution in [0.4, 0.5) is 0 Å². The van der Waals surface area contributed by atoms with Crippen LogP contribution in [0, 0.1) is 11.8 Å². The number of nitrogens with zero attached hydrogens (tertiary/aromatic N) is 2. The minimum atomic E-state index is 0.0809. The normalized spacial score (nSPS) is 22.3. The molecule has 0 bridgehead atoms. The lowest BCUT2D eigenvalue weighted by atomic mass is 9.79. The Morgan fingerprint density at radius 3 is 2.50 bits per heavy atom. The molecule has 0 aliphatic heterocycles. The van der Waals surface area contributed by atoms with Crippen molar-refractivity contribution in [2.45, 2.75) is 45.6 Å². The van der Waals surface area contributed by atoms with Crippen molar-refractivity contribution >= 4 is 17.2 Å². The van der Waals surface area contributed by atoms with Gasteiger partial charge in [0.2, 0.25) is 0 Å². The Kier molecular flexibility index (Phi) is 6.58. The van der Waals surface area contributed by atoms with Crippen molar-refractivity contribution in [2.24, 2.45) is 11.8 Å². The van der Waals surface area contributed by atoms with Gasteiger partial charge in [-0.1, -0.05) is 19.8 Å². The van der Waals surface area contributed by atoms with E-state index in [-0.39, 0.29) is 5.91 Å². The molecule has 1 fully saturated rings. The lowest BCUT2D eigenvalue weighted by Crippen LogP contribution is -2.39. The standard InChI is InChI=1S/C14H21NOS.C2H3N3/c1-10-3-5-12(6-4-10)11(2)15-14(16)13-7-8-17-9-13;1-2-4-5-3-1/h7-12H,3-6H2,1-2H3,(H,15,16);1-2H,(H,3,4,5). The summed E-state index contributed by atoms with van der Waals surface area (Å²) >= 11 is 1.57. The van der Waals surface area contributed by atoms with Crippen molar-refractivity contribution in [2.75, 3.05) is 0 Å². The van der Waals surface area contributed by atoms with E-state index in [1.54, 1.807) is 23.7 Å². The Bertz CT molecular complexity index is 501. The highest BCUT2D eigenvalue weighted by atomic mass is 32.1. The van der Waals surface area contributed by atoms with Crippen LogP contribution in [0.15, 0.2) is 29.2 Å². The van der Waals surface area contributed by atoms with E-state index in [1.807, 2.05) is 16.8 Å². The molecule has 1 saturated carbocycles. The average molecular weight is 320 g/mol. The lowest BCUT2D eigenvalue weighted by molar-refractivity contribution is 0.0916. The molecule has 0 spiro atoms. The van der Waals surface area contributed by atoms with E-state index in [9.17, 15) is 4.79 Å². The second-order valence-corrected chi connectivity index (χ2v) is 6.73. The van der Waals surface area contributed by atoms with Gasteiger partial charge in [0.05, 0.1) is 12.4 Å². The minimum Gasteiger partial charge on any atom is -0.349 e. The highest BCUT2D eigenvalue weighted by Crippen LogP contribution is 2.30. The predicted octanol–water partition coefficient (Wildman–Crippen LogP) is 3.50. The number of thiophene rings is 1. The molecule has 1 amide bonds. The van der Waals surface area contributed by atoms with Crippen molar-refractivity contribution in [3.8, 4) is 0 Å². The Labute approximate surface area is 135 Å². The molecule has 1 aliphatic carbocycles. The molecule has 3 rings (SSSR count). The number of amides is 1. The summed E-state index contributed by atoms with van der Waals surface area (Å²) in [5, 5.41) is 16.3. The minimum absolute atomic E-state index is 0.0809. The summed E-state index contributed by atoms with van der Waals surface area (Å²) in [5.41, 5.74) is 0.797. The first-order valence-corrected chi connectivity index (χ1v) is 8.74. The molecule has 2 aromatic rings. The van der Waals surface area contributed by atoms with Crippen LogP contribution < -0.4 is 5.32 Å². The monoisotopic (exact) mass is 320 g/mol. The first kappa shape index (κ1) is 16.7. The van der Waals surface area contributed by atoms with E-state index < -0.39 is 0 Å². The number of carbonyl (C=O) groups is 1. The zero-order valence-electron chi connectivity index (χ0n) is 13.2. The first-order chi connectivity index (χ1) is 10.7. The average Bonchev–Trinajstić information content (AvgIpc) is 3.24. The fraction of sp³-hybridized carbons (Fsp3) is 0.562. The van der Waals surface area contributed by atoms with Gasteiger partial charge in [0.25, 0.3) is 5.91 Å². The molecule has 0 saturated heterocycles. The number of carbonyl (C=O) groups excluding carboxylic acids is 1. The number of rotatable bonds is 3. The number of aromatic amines is 1. The predicted molar refractivity (Wildman–Crippen MR) is 88.8 cm³/mol. The zero-order chi connectivity index (χ0) is 15.8. The van der Waals surface area contributed by atoms with E-state index in [0.29, 0.717) is 12.0 Å². The molecule has 1 aliphatic rings. The van der Waals surface area contributed by atoms with Gasteiger partial charge in [-0.2, -0.15) is 26.7 Å². The summed E-state index contributed by atoms with van der Waals surface area (Å²) in [6.45, 7) is 4.47. The number of aromatic nitrogens is 3. The fourth-order valence-electron chi connectivity index (χ4n) is 2.75. The number of hydrogen-bond donors (Lipinski definition) is 2. The topological polar surface area (TPSA) is 70.7 Å². The number of nitrogens with one attached hydrogen (secondary N) is 2. The van der Waals surface area contributed by atoms with Crippen molar-refractivity contribution < 1.29 is 4.79 Å². The molecular weight excluding hydrogens is 296 g/mol. The van der Waals surface area contributed by atoms with Crippen LogP contribution in [0.1, 0.15) is 49.9 Å². The third-order valence-electron chi connectivity index (χ3n) is 4.24. The molecule has 2 heterocycles. The molecule has 2 N–H and O–H groups in total. The van der Waals surface area contributed by atoms with E-state index in [2.05, 4.69) is 34.6 Å². The summed E-state index contributed by atoms with van der Waals surface area (Å²) in [6, 6.07) is 2.19. The molecule has 120 valence electrons. The van der Waals surface area contributed by atoms with Crippen LogP contribution in [-0.2, 0) is 0 Å². The van der Waals surface area contributed by atoms with E-state index in [4.69, 9.17) is 0 Å². The molecule has 2 aromatic heterocycles. The van der Waals surface area contributed by atoms with Crippen LogP contribution in [0.25, 0.3) is 0 Å². The summed E-state index contributed by atoms with van der Waals surface area (Å²) < 4.78 is 0. The molecule has 22 heavy (non-hydrogen) atoms. The molecular formula is C16H24N4OS. The molecule has 5 nitrogen and oxygen atoms in total. The van der Waals surface area contributed by atoms with E-state index in [1.165, 1.54) is 25.7 Å². The van der Waals surface area contributed by atoms with Gasteiger partial charge in [-0.05, 0) is 43.0 Å². The highest BCUT2D eigenvalue weighted by Gasteiger charge is 2.24. The first-order valence-electron chi connectivity index (χ1n) is 7.79. The van der Waals surface area contributed by atoms with E-state index >= 15 is 0 Å². The Morgan fingerprint density at radius 2 is 2.00 bits per heavy atom. The summed E-state index contributed by atoms with van der Waals surface area (Å²) in [7, 11) is 0. The zero-order valence-corrected chi connectivity index (χ0v) is 14.0. The third-order valence-corrected chi connectivity index (χ3v) is 4.92. The van der Waals surface area contributed by atoms with Crippen molar-refractivity contribution in [3.05, 3.63) is 34.8 Å². The molecule has 6 heteroatoms. The van der Waals surface area contributed by atoms with Crippen molar-refractivity contribution in [1.82, 2.24) is 20.7 Å². The summed E-state index contributed by atoms with van der Waals surface area (Å²) in [6.07, 6.45) is 8.30. The second kappa shape index (κ2) is 8.68. The maximum Gasteiger partial charge on any atom is 0.252 e. The van der Waals surface area contributed by atoms with Gasteiger partial charge in [-0.25, -0.2) is 0 Å². The van der Waals surface area contributed by atoms with Crippen LogP contribution in [0.3, 0.4) is 0 Å². The van der Waals surface area contributed by atoms with Gasteiger partial charge in [0.1, 0.15) is 0 Å². The third kappa shape index (κ3) is 5.26. The maximum absolute atomic E-state index is 11.9. The van der Waals surface area contributed by atoms with Crippen molar-refractivity contribution in [1.29, 1.82) is 0 Å².